The first-order chi connectivity index (χ1) is 17.1. The summed E-state index contributed by atoms with van der Waals surface area (Å²) in [6, 6.07) is 5.76. The molecule has 13 nitrogen and oxygen atoms in total. The lowest BCUT2D eigenvalue weighted by Gasteiger charge is -2.35. The Morgan fingerprint density at radius 2 is 1.86 bits per heavy atom. The van der Waals surface area contributed by atoms with E-state index in [1.807, 2.05) is 18.7 Å². The number of nitrogens with zero attached hydrogens (tertiary/aromatic N) is 3. The molecule has 1 aliphatic rings. The van der Waals surface area contributed by atoms with E-state index in [-0.39, 0.29) is 50.5 Å². The molecule has 1 saturated heterocycles. The van der Waals surface area contributed by atoms with Crippen LogP contribution in [0.25, 0.3) is 0 Å². The van der Waals surface area contributed by atoms with Crippen molar-refractivity contribution >= 4 is 35.4 Å². The number of hydrogen-bond donors (Lipinski definition) is 4. The van der Waals surface area contributed by atoms with Crippen LogP contribution in [-0.4, -0.2) is 91.8 Å². The van der Waals surface area contributed by atoms with Gasteiger partial charge in [0.1, 0.15) is 6.04 Å². The van der Waals surface area contributed by atoms with Crippen LogP contribution >= 0.6 is 0 Å². The predicted molar refractivity (Wildman–Crippen MR) is 130 cm³/mol. The number of rotatable bonds is 11. The molecular formula is C23H34N6O7. The lowest BCUT2D eigenvalue weighted by molar-refractivity contribution is -0.145. The summed E-state index contributed by atoms with van der Waals surface area (Å²) >= 11 is 0. The molecule has 5 N–H and O–H groups in total. The average Bonchev–Trinajstić information content (AvgIpc) is 2.86. The van der Waals surface area contributed by atoms with Gasteiger partial charge in [0.25, 0.3) is 0 Å². The third-order valence-corrected chi connectivity index (χ3v) is 5.20. The Bertz CT molecular complexity index is 951. The summed E-state index contributed by atoms with van der Waals surface area (Å²) in [6.45, 7) is 6.14. The third-order valence-electron chi connectivity index (χ3n) is 5.20. The van der Waals surface area contributed by atoms with Crippen molar-refractivity contribution < 1.29 is 33.9 Å². The van der Waals surface area contributed by atoms with E-state index in [4.69, 9.17) is 20.4 Å². The van der Waals surface area contributed by atoms with Gasteiger partial charge in [-0.25, -0.2) is 9.59 Å². The standard InChI is InChI=1S/C23H34N6O7/c1-4-35-22(32)18(26-23(33)36-14-15(2)3)11-25-19(30)12-29-10-9-28(13-20(29)31)17-7-5-16(6-8-17)21(24)27-34/h5-8,15,18,34H,4,9-14H2,1-3H3,(H2,24,27)(H,25,30)(H,26,33). The average molecular weight is 507 g/mol. The number of anilines is 1. The summed E-state index contributed by atoms with van der Waals surface area (Å²) in [5, 5.41) is 16.7. The largest absolute Gasteiger partial charge is 0.464 e. The van der Waals surface area contributed by atoms with Crippen LogP contribution < -0.4 is 21.3 Å². The summed E-state index contributed by atoms with van der Waals surface area (Å²) in [5.74, 6) is -1.32. The fourth-order valence-corrected chi connectivity index (χ4v) is 3.30. The van der Waals surface area contributed by atoms with Crippen molar-refractivity contribution in [3.05, 3.63) is 29.8 Å². The number of esters is 1. The fourth-order valence-electron chi connectivity index (χ4n) is 3.30. The van der Waals surface area contributed by atoms with Crippen LogP contribution in [0, 0.1) is 5.92 Å². The predicted octanol–water partition coefficient (Wildman–Crippen LogP) is -0.140. The molecule has 1 unspecified atom stereocenters. The maximum Gasteiger partial charge on any atom is 0.407 e. The minimum Gasteiger partial charge on any atom is -0.464 e. The molecule has 0 saturated carbocycles. The monoisotopic (exact) mass is 506 g/mol. The number of oxime groups is 1. The normalized spacial score (nSPS) is 14.9. The van der Waals surface area contributed by atoms with Gasteiger partial charge >= 0.3 is 12.1 Å². The maximum absolute atomic E-state index is 12.6. The summed E-state index contributed by atoms with van der Waals surface area (Å²) in [6.07, 6.45) is -0.790. The van der Waals surface area contributed by atoms with E-state index < -0.39 is 24.0 Å². The Morgan fingerprint density at radius 1 is 1.17 bits per heavy atom. The van der Waals surface area contributed by atoms with Gasteiger partial charge in [-0.05, 0) is 37.1 Å². The molecule has 1 aromatic carbocycles. The molecular weight excluding hydrogens is 472 g/mol. The number of hydrogen-bond acceptors (Lipinski definition) is 9. The highest BCUT2D eigenvalue weighted by atomic mass is 16.6. The van der Waals surface area contributed by atoms with E-state index in [1.165, 1.54) is 4.90 Å². The Labute approximate surface area is 209 Å². The number of ether oxygens (including phenoxy) is 2. The van der Waals surface area contributed by atoms with Crippen LogP contribution in [0.5, 0.6) is 0 Å². The first kappa shape index (κ1) is 28.2. The van der Waals surface area contributed by atoms with E-state index in [2.05, 4.69) is 15.8 Å². The first-order valence-electron chi connectivity index (χ1n) is 11.6. The van der Waals surface area contributed by atoms with E-state index in [0.29, 0.717) is 18.7 Å². The van der Waals surface area contributed by atoms with Crippen molar-refractivity contribution in [1.82, 2.24) is 15.5 Å². The molecule has 13 heteroatoms. The number of alkyl carbamates (subject to hydrolysis) is 1. The van der Waals surface area contributed by atoms with Gasteiger partial charge in [0.15, 0.2) is 5.84 Å². The van der Waals surface area contributed by atoms with Crippen LogP contribution in [0.15, 0.2) is 29.4 Å². The molecule has 198 valence electrons. The smallest absolute Gasteiger partial charge is 0.407 e. The van der Waals surface area contributed by atoms with Crippen LogP contribution in [0.4, 0.5) is 10.5 Å². The number of carbonyl (C=O) groups is 4. The summed E-state index contributed by atoms with van der Waals surface area (Å²) in [4.78, 5) is 52.5. The number of nitrogens with one attached hydrogen (secondary N) is 2. The number of nitrogens with two attached hydrogens (primary N) is 1. The van der Waals surface area contributed by atoms with E-state index >= 15 is 0 Å². The molecule has 0 spiro atoms. The van der Waals surface area contributed by atoms with Crippen molar-refractivity contribution in [2.24, 2.45) is 16.8 Å². The van der Waals surface area contributed by atoms with Gasteiger partial charge < -0.3 is 40.8 Å². The van der Waals surface area contributed by atoms with Gasteiger partial charge in [-0.2, -0.15) is 0 Å². The van der Waals surface area contributed by atoms with Crippen LogP contribution in [0.2, 0.25) is 0 Å². The van der Waals surface area contributed by atoms with Gasteiger partial charge in [0.2, 0.25) is 11.8 Å². The van der Waals surface area contributed by atoms with Crippen molar-refractivity contribution in [1.29, 1.82) is 0 Å². The van der Waals surface area contributed by atoms with Crippen LogP contribution in [-0.2, 0) is 23.9 Å². The molecule has 1 atom stereocenters. The quantitative estimate of drug-likeness (QED) is 0.105. The number of piperazine rings is 1. The Kier molecular flexibility index (Phi) is 10.8. The van der Waals surface area contributed by atoms with Gasteiger partial charge in [-0.3, -0.25) is 9.59 Å². The minimum absolute atomic E-state index is 0.0127. The number of amides is 3. The lowest BCUT2D eigenvalue weighted by atomic mass is 10.1. The maximum atomic E-state index is 12.6. The first-order valence-corrected chi connectivity index (χ1v) is 11.6. The Morgan fingerprint density at radius 3 is 2.44 bits per heavy atom. The van der Waals surface area contributed by atoms with E-state index in [9.17, 15) is 19.2 Å². The second-order valence-electron chi connectivity index (χ2n) is 8.51. The second kappa shape index (κ2) is 13.8. The highest BCUT2D eigenvalue weighted by Crippen LogP contribution is 2.18. The zero-order chi connectivity index (χ0) is 26.7. The lowest BCUT2D eigenvalue weighted by Crippen LogP contribution is -2.54. The van der Waals surface area contributed by atoms with E-state index in [1.54, 1.807) is 31.2 Å². The molecule has 36 heavy (non-hydrogen) atoms. The summed E-state index contributed by atoms with van der Waals surface area (Å²) in [7, 11) is 0. The van der Waals surface area contributed by atoms with Gasteiger partial charge in [-0.1, -0.05) is 19.0 Å². The third kappa shape index (κ3) is 8.64. The van der Waals surface area contributed by atoms with Crippen molar-refractivity contribution in [3.63, 3.8) is 0 Å². The topological polar surface area (TPSA) is 176 Å². The SMILES string of the molecule is CCOC(=O)C(CNC(=O)CN1CCN(c2ccc(/C(N)=N\O)cc2)CC1=O)NC(=O)OCC(C)C. The Balaban J connectivity index is 1.87. The Hall–Kier alpha value is -4.03. The van der Waals surface area contributed by atoms with Gasteiger partial charge in [0, 0.05) is 30.9 Å². The number of benzene rings is 1. The zero-order valence-corrected chi connectivity index (χ0v) is 20.7. The molecule has 1 aromatic rings. The number of amidine groups is 1. The summed E-state index contributed by atoms with van der Waals surface area (Å²) in [5.41, 5.74) is 6.90. The molecule has 0 radical (unpaired) electrons. The van der Waals surface area contributed by atoms with Crippen molar-refractivity contribution in [3.8, 4) is 0 Å². The highest BCUT2D eigenvalue weighted by Gasteiger charge is 2.27. The fraction of sp³-hybridized carbons (Fsp3) is 0.522. The molecule has 1 aliphatic heterocycles. The summed E-state index contributed by atoms with van der Waals surface area (Å²) < 4.78 is 9.98. The van der Waals surface area contributed by atoms with Crippen molar-refractivity contribution in [2.75, 3.05) is 50.8 Å². The van der Waals surface area contributed by atoms with Gasteiger partial charge in [-0.15, -0.1) is 0 Å². The van der Waals surface area contributed by atoms with E-state index in [0.717, 1.165) is 5.69 Å². The molecule has 0 bridgehead atoms. The molecule has 0 aliphatic carbocycles. The minimum atomic E-state index is -1.13. The van der Waals surface area contributed by atoms with Crippen LogP contribution in [0.3, 0.4) is 0 Å². The molecule has 0 aromatic heterocycles. The molecule has 2 rings (SSSR count). The van der Waals surface area contributed by atoms with Crippen molar-refractivity contribution in [2.45, 2.75) is 26.8 Å². The molecule has 3 amide bonds. The van der Waals surface area contributed by atoms with Gasteiger partial charge in [0.05, 0.1) is 26.3 Å². The second-order valence-corrected chi connectivity index (χ2v) is 8.51. The zero-order valence-electron chi connectivity index (χ0n) is 20.7. The molecule has 1 heterocycles. The molecule has 1 fully saturated rings. The highest BCUT2D eigenvalue weighted by molar-refractivity contribution is 5.97. The van der Waals surface area contributed by atoms with Crippen LogP contribution in [0.1, 0.15) is 26.3 Å². The number of carbonyl (C=O) groups excluding carboxylic acids is 4.